The van der Waals surface area contributed by atoms with Gasteiger partial charge in [-0.25, -0.2) is 4.79 Å². The molecule has 6 rings (SSSR count). The summed E-state index contributed by atoms with van der Waals surface area (Å²) in [6, 6.07) is 10.2. The van der Waals surface area contributed by atoms with Crippen LogP contribution in [0.1, 0.15) is 33.4 Å². The van der Waals surface area contributed by atoms with E-state index in [9.17, 15) is 19.2 Å². The van der Waals surface area contributed by atoms with Crippen molar-refractivity contribution in [3.05, 3.63) is 76.6 Å². The van der Waals surface area contributed by atoms with E-state index in [-0.39, 0.29) is 25.1 Å². The van der Waals surface area contributed by atoms with Crippen LogP contribution in [0.3, 0.4) is 0 Å². The molecule has 4 atom stereocenters. The van der Waals surface area contributed by atoms with Crippen molar-refractivity contribution in [2.45, 2.75) is 12.0 Å². The van der Waals surface area contributed by atoms with Crippen LogP contribution in [0.2, 0.25) is 0 Å². The first kappa shape index (κ1) is 23.8. The van der Waals surface area contributed by atoms with Crippen LogP contribution >= 0.6 is 0 Å². The van der Waals surface area contributed by atoms with Gasteiger partial charge in [0.05, 0.1) is 38.3 Å². The number of rotatable bonds is 5. The van der Waals surface area contributed by atoms with E-state index in [1.165, 1.54) is 26.4 Å². The molecule has 0 saturated carbocycles. The van der Waals surface area contributed by atoms with Gasteiger partial charge in [0.15, 0.2) is 17.3 Å². The van der Waals surface area contributed by atoms with Crippen LogP contribution in [0.25, 0.3) is 0 Å². The van der Waals surface area contributed by atoms with Gasteiger partial charge in [-0.3, -0.25) is 14.4 Å². The van der Waals surface area contributed by atoms with E-state index in [0.717, 1.165) is 11.1 Å². The summed E-state index contributed by atoms with van der Waals surface area (Å²) in [5, 5.41) is 3.48. The molecule has 1 fully saturated rings. The van der Waals surface area contributed by atoms with Crippen LogP contribution in [-0.4, -0.2) is 51.1 Å². The number of methoxy groups -OCH3 is 2. The number of anilines is 1. The third-order valence-corrected chi connectivity index (χ3v) is 7.42. The van der Waals surface area contributed by atoms with E-state index >= 15 is 0 Å². The summed E-state index contributed by atoms with van der Waals surface area (Å²) in [6.45, 7) is 0.198. The van der Waals surface area contributed by atoms with Crippen molar-refractivity contribution < 1.29 is 42.9 Å². The predicted molar refractivity (Wildman–Crippen MR) is 131 cm³/mol. The molecular weight excluding hydrogens is 494 g/mol. The normalized spacial score (nSPS) is 25.1. The number of ether oxygens (including phenoxy) is 5. The molecule has 1 N–H and O–H groups in total. The van der Waals surface area contributed by atoms with Crippen molar-refractivity contribution in [1.82, 2.24) is 0 Å². The zero-order valence-corrected chi connectivity index (χ0v) is 20.5. The van der Waals surface area contributed by atoms with Crippen molar-refractivity contribution in [2.24, 2.45) is 11.8 Å². The minimum absolute atomic E-state index is 0.0560. The summed E-state index contributed by atoms with van der Waals surface area (Å²) in [7, 11) is 2.64. The number of Topliss-reactive ketones (excluding diaryl/α,β-unsaturated/α-hetero) is 1. The van der Waals surface area contributed by atoms with E-state index in [1.54, 1.807) is 18.2 Å². The number of carbonyl (C=O) groups excluding carboxylic acids is 4. The van der Waals surface area contributed by atoms with Gasteiger partial charge >= 0.3 is 11.9 Å². The minimum Gasteiger partial charge on any atom is -0.492 e. The Hall–Kier alpha value is -4.60. The minimum atomic E-state index is -0.742. The van der Waals surface area contributed by atoms with E-state index in [1.807, 2.05) is 18.2 Å². The van der Waals surface area contributed by atoms with E-state index in [2.05, 4.69) is 5.32 Å². The maximum absolute atomic E-state index is 13.2. The Morgan fingerprint density at radius 1 is 0.974 bits per heavy atom. The highest BCUT2D eigenvalue weighted by Gasteiger charge is 2.53. The Kier molecular flexibility index (Phi) is 5.67. The number of hydrogen-bond donors (Lipinski definition) is 1. The van der Waals surface area contributed by atoms with Crippen molar-refractivity contribution >= 4 is 29.2 Å². The summed E-state index contributed by atoms with van der Waals surface area (Å²) in [5.41, 5.74) is 3.06. The van der Waals surface area contributed by atoms with Gasteiger partial charge in [-0.2, -0.15) is 0 Å². The lowest BCUT2D eigenvalue weighted by molar-refractivity contribution is -0.141. The van der Waals surface area contributed by atoms with Crippen molar-refractivity contribution in [3.8, 4) is 11.5 Å². The van der Waals surface area contributed by atoms with Crippen LogP contribution in [0, 0.1) is 11.8 Å². The van der Waals surface area contributed by atoms with E-state index < -0.39 is 41.4 Å². The van der Waals surface area contributed by atoms with Gasteiger partial charge in [-0.05, 0) is 59.2 Å². The molecule has 2 aromatic carbocycles. The molecule has 0 aromatic heterocycles. The fourth-order valence-electron chi connectivity index (χ4n) is 5.71. The molecule has 2 aliphatic carbocycles. The van der Waals surface area contributed by atoms with Gasteiger partial charge in [0.2, 0.25) is 12.6 Å². The average Bonchev–Trinajstić information content (AvgIpc) is 3.55. The highest BCUT2D eigenvalue weighted by atomic mass is 16.7. The Morgan fingerprint density at radius 3 is 2.47 bits per heavy atom. The first-order chi connectivity index (χ1) is 18.4. The van der Waals surface area contributed by atoms with Gasteiger partial charge in [0.1, 0.15) is 0 Å². The standard InChI is InChI=1S/C28H23NO9/c1-34-22-8-14(7-19(30)26(22)31)23-16-9-20-21(38-12-37-20)10-17(16)25(18-11-36-28(33)24(18)23)29-15-5-3-4-13(6-15)27(32)35-2/h3-10,18,23-25,29H,11-12H2,1-2H3/t18-,23+,24-,25+/m0/s1. The number of hydrogen-bond acceptors (Lipinski definition) is 10. The molecule has 0 unspecified atom stereocenters. The lowest BCUT2D eigenvalue weighted by Crippen LogP contribution is -2.38. The SMILES string of the molecule is COC(=O)c1cccc(N[C@@H]2c3cc4c(cc3[C@@H](C3=CC(=O)C(=O)C(OC)=C3)[C@H]3C(=O)OC[C@@H]32)OCO4)c1. The molecule has 2 aliphatic heterocycles. The number of esters is 2. The fraction of sp³-hybridized carbons (Fsp3) is 0.286. The van der Waals surface area contributed by atoms with Crippen molar-refractivity contribution in [1.29, 1.82) is 0 Å². The molecule has 2 heterocycles. The lowest BCUT2D eigenvalue weighted by atomic mass is 9.64. The van der Waals surface area contributed by atoms with Crippen LogP contribution in [0.5, 0.6) is 11.5 Å². The topological polar surface area (TPSA) is 126 Å². The molecule has 10 nitrogen and oxygen atoms in total. The Morgan fingerprint density at radius 2 is 1.74 bits per heavy atom. The molecule has 0 amide bonds. The molecule has 0 spiro atoms. The summed E-state index contributed by atoms with van der Waals surface area (Å²) >= 11 is 0. The predicted octanol–water partition coefficient (Wildman–Crippen LogP) is 2.85. The number of fused-ring (bicyclic) bond motifs is 3. The van der Waals surface area contributed by atoms with Gasteiger partial charge in [0.25, 0.3) is 5.78 Å². The van der Waals surface area contributed by atoms with Gasteiger partial charge in [-0.1, -0.05) is 6.07 Å². The largest absolute Gasteiger partial charge is 0.492 e. The summed E-state index contributed by atoms with van der Waals surface area (Å²) in [4.78, 5) is 50.1. The van der Waals surface area contributed by atoms with Gasteiger partial charge in [0, 0.05) is 17.5 Å². The molecule has 0 bridgehead atoms. The number of benzene rings is 2. The van der Waals surface area contributed by atoms with E-state index in [4.69, 9.17) is 23.7 Å². The monoisotopic (exact) mass is 517 g/mol. The second kappa shape index (κ2) is 9.05. The number of nitrogens with one attached hydrogen (secondary N) is 1. The van der Waals surface area contributed by atoms with Crippen molar-refractivity contribution in [3.63, 3.8) is 0 Å². The number of allylic oxidation sites excluding steroid dienone is 4. The lowest BCUT2D eigenvalue weighted by Gasteiger charge is -2.40. The number of ketones is 2. The highest BCUT2D eigenvalue weighted by Crippen LogP contribution is 2.55. The van der Waals surface area contributed by atoms with Crippen LogP contribution in [0.15, 0.2) is 59.9 Å². The van der Waals surface area contributed by atoms with Gasteiger partial charge < -0.3 is 29.0 Å². The molecular formula is C28H23NO9. The fourth-order valence-corrected chi connectivity index (χ4v) is 5.71. The third kappa shape index (κ3) is 3.71. The Labute approximate surface area is 217 Å². The molecule has 2 aromatic rings. The van der Waals surface area contributed by atoms with E-state index in [0.29, 0.717) is 28.3 Å². The molecule has 10 heteroatoms. The zero-order chi connectivity index (χ0) is 26.6. The second-order valence-electron chi connectivity index (χ2n) is 9.38. The first-order valence-electron chi connectivity index (χ1n) is 12.0. The maximum atomic E-state index is 13.2. The quantitative estimate of drug-likeness (QED) is 0.359. The van der Waals surface area contributed by atoms with Crippen LogP contribution < -0.4 is 14.8 Å². The maximum Gasteiger partial charge on any atom is 0.337 e. The number of carbonyl (C=O) groups is 4. The smallest absolute Gasteiger partial charge is 0.337 e. The molecule has 4 aliphatic rings. The zero-order valence-electron chi connectivity index (χ0n) is 20.5. The second-order valence-corrected chi connectivity index (χ2v) is 9.38. The van der Waals surface area contributed by atoms with Crippen LogP contribution in [0.4, 0.5) is 5.69 Å². The summed E-state index contributed by atoms with van der Waals surface area (Å²) in [6.07, 6.45) is 2.78. The van der Waals surface area contributed by atoms with Crippen LogP contribution in [-0.2, 0) is 28.6 Å². The molecule has 0 radical (unpaired) electrons. The third-order valence-electron chi connectivity index (χ3n) is 7.42. The molecule has 1 saturated heterocycles. The molecule has 194 valence electrons. The highest BCUT2D eigenvalue weighted by molar-refractivity contribution is 6.47. The molecule has 38 heavy (non-hydrogen) atoms. The Bertz CT molecular complexity index is 1460. The Balaban J connectivity index is 1.50. The average molecular weight is 517 g/mol. The van der Waals surface area contributed by atoms with Crippen molar-refractivity contribution in [2.75, 3.05) is 32.9 Å². The first-order valence-corrected chi connectivity index (χ1v) is 12.0. The number of cyclic esters (lactones) is 1. The van der Waals surface area contributed by atoms with Gasteiger partial charge in [-0.15, -0.1) is 0 Å². The summed E-state index contributed by atoms with van der Waals surface area (Å²) in [5.74, 6) is -2.95. The summed E-state index contributed by atoms with van der Waals surface area (Å²) < 4.78 is 26.9.